The van der Waals surface area contributed by atoms with E-state index < -0.39 is 0 Å². The molecule has 2 aromatic rings. The molecule has 3 rings (SSSR count). The third-order valence-electron chi connectivity index (χ3n) is 3.46. The van der Waals surface area contributed by atoms with Crippen LogP contribution in [0.5, 0.6) is 0 Å². The number of aryl methyl sites for hydroxylation is 2. The summed E-state index contributed by atoms with van der Waals surface area (Å²) < 4.78 is 10.8. The van der Waals surface area contributed by atoms with Gasteiger partial charge in [0.05, 0.1) is 41.8 Å². The van der Waals surface area contributed by atoms with E-state index in [1.54, 1.807) is 30.6 Å². The highest BCUT2D eigenvalue weighted by atomic mass is 32.1. The van der Waals surface area contributed by atoms with Crippen molar-refractivity contribution in [2.75, 3.05) is 19.8 Å². The molecule has 1 fully saturated rings. The van der Waals surface area contributed by atoms with Gasteiger partial charge in [-0.1, -0.05) is 0 Å². The third kappa shape index (κ3) is 2.36. The molecule has 20 heavy (non-hydrogen) atoms. The summed E-state index contributed by atoms with van der Waals surface area (Å²) in [6, 6.07) is 1.60. The van der Waals surface area contributed by atoms with E-state index in [9.17, 15) is 4.79 Å². The molecule has 0 aromatic carbocycles. The van der Waals surface area contributed by atoms with Crippen LogP contribution in [-0.2, 0) is 4.74 Å². The van der Waals surface area contributed by atoms with Gasteiger partial charge < -0.3 is 14.1 Å². The Labute approximate surface area is 121 Å². The van der Waals surface area contributed by atoms with E-state index in [0.717, 1.165) is 10.7 Å². The van der Waals surface area contributed by atoms with Crippen LogP contribution in [0.3, 0.4) is 0 Å². The number of nitrogens with zero attached hydrogens (tertiary/aromatic N) is 2. The quantitative estimate of drug-likeness (QED) is 0.853. The summed E-state index contributed by atoms with van der Waals surface area (Å²) in [6.07, 6.45) is 1.55. The lowest BCUT2D eigenvalue weighted by Crippen LogP contribution is -2.43. The van der Waals surface area contributed by atoms with Crippen LogP contribution in [-0.4, -0.2) is 35.5 Å². The van der Waals surface area contributed by atoms with E-state index >= 15 is 0 Å². The third-order valence-corrected chi connectivity index (χ3v) is 4.25. The highest BCUT2D eigenvalue weighted by Gasteiger charge is 2.32. The molecule has 1 aliphatic heterocycles. The molecule has 5 nitrogen and oxygen atoms in total. The zero-order valence-electron chi connectivity index (χ0n) is 11.5. The Morgan fingerprint density at radius 1 is 1.50 bits per heavy atom. The summed E-state index contributed by atoms with van der Waals surface area (Å²) in [5.74, 6) is 0.630. The number of amides is 1. The molecule has 3 heterocycles. The molecule has 1 atom stereocenters. The summed E-state index contributed by atoms with van der Waals surface area (Å²) >= 11 is 1.59. The molecule has 0 spiro atoms. The number of morpholine rings is 1. The standard InChI is InChI=1S/C14H16N2O3S/c1-9-11(3-5-19-9)14(17)16-4-6-18-7-13(16)12-8-20-10(2)15-12/h3,5,8,13H,4,6-7H2,1-2H3/t13-/m1/s1. The number of thiazole rings is 1. The number of furan rings is 1. The maximum absolute atomic E-state index is 12.7. The minimum atomic E-state index is -0.115. The van der Waals surface area contributed by atoms with Crippen LogP contribution in [0.1, 0.15) is 32.9 Å². The Morgan fingerprint density at radius 3 is 3.00 bits per heavy atom. The first-order valence-electron chi connectivity index (χ1n) is 6.51. The van der Waals surface area contributed by atoms with Gasteiger partial charge in [0.25, 0.3) is 5.91 Å². The lowest BCUT2D eigenvalue weighted by atomic mass is 10.1. The summed E-state index contributed by atoms with van der Waals surface area (Å²) in [5, 5.41) is 2.99. The Hall–Kier alpha value is -1.66. The molecule has 1 aliphatic rings. The smallest absolute Gasteiger partial charge is 0.258 e. The fourth-order valence-corrected chi connectivity index (χ4v) is 3.05. The molecule has 0 N–H and O–H groups in total. The van der Waals surface area contributed by atoms with Gasteiger partial charge in [0.1, 0.15) is 5.76 Å². The maximum atomic E-state index is 12.7. The van der Waals surface area contributed by atoms with E-state index in [4.69, 9.17) is 9.15 Å². The fraction of sp³-hybridized carbons (Fsp3) is 0.429. The predicted octanol–water partition coefficient (Wildman–Crippen LogP) is 2.57. The van der Waals surface area contributed by atoms with Gasteiger partial charge in [0.2, 0.25) is 0 Å². The van der Waals surface area contributed by atoms with Crippen molar-refractivity contribution < 1.29 is 13.9 Å². The number of carbonyl (C=O) groups is 1. The highest BCUT2D eigenvalue weighted by molar-refractivity contribution is 7.09. The summed E-state index contributed by atoms with van der Waals surface area (Å²) in [5.41, 5.74) is 1.52. The second-order valence-electron chi connectivity index (χ2n) is 4.77. The normalized spacial score (nSPS) is 19.3. The Morgan fingerprint density at radius 2 is 2.35 bits per heavy atom. The van der Waals surface area contributed by atoms with Crippen LogP contribution < -0.4 is 0 Å². The monoisotopic (exact) mass is 292 g/mol. The average molecular weight is 292 g/mol. The number of hydrogen-bond donors (Lipinski definition) is 0. The number of ether oxygens (including phenoxy) is 1. The second-order valence-corrected chi connectivity index (χ2v) is 5.83. The first-order valence-corrected chi connectivity index (χ1v) is 7.39. The van der Waals surface area contributed by atoms with Gasteiger partial charge in [-0.05, 0) is 19.9 Å². The molecule has 0 unspecified atom stereocenters. The van der Waals surface area contributed by atoms with Gasteiger partial charge in [0.15, 0.2) is 0 Å². The van der Waals surface area contributed by atoms with Gasteiger partial charge in [-0.15, -0.1) is 11.3 Å². The molecule has 106 valence electrons. The van der Waals surface area contributed by atoms with Crippen LogP contribution in [0, 0.1) is 13.8 Å². The maximum Gasteiger partial charge on any atom is 0.258 e. The molecule has 6 heteroatoms. The number of carbonyl (C=O) groups excluding carboxylic acids is 1. The lowest BCUT2D eigenvalue weighted by Gasteiger charge is -2.34. The van der Waals surface area contributed by atoms with Gasteiger partial charge in [-0.2, -0.15) is 0 Å². The average Bonchev–Trinajstić information content (AvgIpc) is 3.07. The zero-order valence-corrected chi connectivity index (χ0v) is 12.3. The first kappa shape index (κ1) is 13.3. The molecular formula is C14H16N2O3S. The van der Waals surface area contributed by atoms with Gasteiger partial charge in [0, 0.05) is 11.9 Å². The zero-order chi connectivity index (χ0) is 14.1. The number of rotatable bonds is 2. The molecule has 1 amide bonds. The second kappa shape index (κ2) is 5.38. The Bertz CT molecular complexity index is 619. The summed E-state index contributed by atoms with van der Waals surface area (Å²) in [6.45, 7) is 5.39. The lowest BCUT2D eigenvalue weighted by molar-refractivity contribution is -0.00385. The molecule has 2 aromatic heterocycles. The van der Waals surface area contributed by atoms with Crippen LogP contribution in [0.2, 0.25) is 0 Å². The van der Waals surface area contributed by atoms with Crippen LogP contribution in [0.25, 0.3) is 0 Å². The first-order chi connectivity index (χ1) is 9.66. The Kier molecular flexibility index (Phi) is 3.58. The number of aromatic nitrogens is 1. The van der Waals surface area contributed by atoms with Crippen LogP contribution in [0.15, 0.2) is 22.1 Å². The largest absolute Gasteiger partial charge is 0.469 e. The van der Waals surface area contributed by atoms with Crippen molar-refractivity contribution in [3.8, 4) is 0 Å². The van der Waals surface area contributed by atoms with E-state index in [0.29, 0.717) is 31.1 Å². The molecule has 0 saturated carbocycles. The minimum Gasteiger partial charge on any atom is -0.469 e. The van der Waals surface area contributed by atoms with Crippen molar-refractivity contribution in [1.29, 1.82) is 0 Å². The Balaban J connectivity index is 1.89. The topological polar surface area (TPSA) is 55.6 Å². The van der Waals surface area contributed by atoms with Crippen molar-refractivity contribution in [3.05, 3.63) is 39.7 Å². The van der Waals surface area contributed by atoms with Gasteiger partial charge >= 0.3 is 0 Å². The molecule has 0 aliphatic carbocycles. The predicted molar refractivity (Wildman–Crippen MR) is 74.9 cm³/mol. The van der Waals surface area contributed by atoms with Gasteiger partial charge in [-0.3, -0.25) is 4.79 Å². The highest BCUT2D eigenvalue weighted by Crippen LogP contribution is 2.27. The molecule has 0 bridgehead atoms. The molecular weight excluding hydrogens is 276 g/mol. The van der Waals surface area contributed by atoms with E-state index in [2.05, 4.69) is 4.98 Å². The van der Waals surface area contributed by atoms with Crippen molar-refractivity contribution in [1.82, 2.24) is 9.88 Å². The SMILES string of the molecule is Cc1nc([C@H]2COCCN2C(=O)c2ccoc2C)cs1. The van der Waals surface area contributed by atoms with Crippen molar-refractivity contribution in [2.45, 2.75) is 19.9 Å². The van der Waals surface area contributed by atoms with Crippen molar-refractivity contribution in [3.63, 3.8) is 0 Å². The minimum absolute atomic E-state index is 0.0183. The van der Waals surface area contributed by atoms with E-state index in [1.165, 1.54) is 0 Å². The van der Waals surface area contributed by atoms with Crippen LogP contribution >= 0.6 is 11.3 Å². The van der Waals surface area contributed by atoms with E-state index in [-0.39, 0.29) is 11.9 Å². The van der Waals surface area contributed by atoms with Crippen molar-refractivity contribution >= 4 is 17.2 Å². The van der Waals surface area contributed by atoms with Crippen molar-refractivity contribution in [2.24, 2.45) is 0 Å². The molecule has 1 saturated heterocycles. The van der Waals surface area contributed by atoms with Gasteiger partial charge in [-0.25, -0.2) is 4.98 Å². The van der Waals surface area contributed by atoms with E-state index in [1.807, 2.05) is 17.2 Å². The summed E-state index contributed by atoms with van der Waals surface area (Å²) in [7, 11) is 0. The van der Waals surface area contributed by atoms with Crippen LogP contribution in [0.4, 0.5) is 0 Å². The molecule has 0 radical (unpaired) electrons. The summed E-state index contributed by atoms with van der Waals surface area (Å²) in [4.78, 5) is 19.0. The fourth-order valence-electron chi connectivity index (χ4n) is 2.39. The number of hydrogen-bond acceptors (Lipinski definition) is 5.